The lowest BCUT2D eigenvalue weighted by molar-refractivity contribution is -0.137. The Morgan fingerprint density at radius 2 is 2.16 bits per heavy atom. The quantitative estimate of drug-likeness (QED) is 0.871. The molecule has 0 aromatic heterocycles. The summed E-state index contributed by atoms with van der Waals surface area (Å²) < 4.78 is 0. The van der Waals surface area contributed by atoms with Crippen LogP contribution in [0.1, 0.15) is 31.7 Å². The van der Waals surface area contributed by atoms with Crippen LogP contribution in [0.25, 0.3) is 0 Å². The maximum absolute atomic E-state index is 12.3. The van der Waals surface area contributed by atoms with Gasteiger partial charge >= 0.3 is 5.97 Å². The third-order valence-electron chi connectivity index (χ3n) is 3.42. The predicted molar refractivity (Wildman–Crippen MR) is 72.2 cm³/mol. The molecule has 4 nitrogen and oxygen atoms in total. The largest absolute Gasteiger partial charge is 0.481 e. The highest BCUT2D eigenvalue weighted by Gasteiger charge is 2.51. The van der Waals surface area contributed by atoms with Gasteiger partial charge < -0.3 is 10.4 Å². The van der Waals surface area contributed by atoms with Gasteiger partial charge in [0, 0.05) is 11.1 Å². The second-order valence-corrected chi connectivity index (χ2v) is 5.50. The minimum absolute atomic E-state index is 0.0721. The van der Waals surface area contributed by atoms with Gasteiger partial charge in [-0.3, -0.25) is 9.59 Å². The van der Waals surface area contributed by atoms with Crippen molar-refractivity contribution in [3.8, 4) is 0 Å². The summed E-state index contributed by atoms with van der Waals surface area (Å²) in [6.45, 7) is 1.69. The third kappa shape index (κ3) is 3.07. The zero-order chi connectivity index (χ0) is 14.0. The van der Waals surface area contributed by atoms with Gasteiger partial charge in [-0.15, -0.1) is 0 Å². The minimum Gasteiger partial charge on any atom is -0.481 e. The van der Waals surface area contributed by atoms with Crippen molar-refractivity contribution in [1.82, 2.24) is 5.32 Å². The lowest BCUT2D eigenvalue weighted by Crippen LogP contribution is -2.41. The molecule has 0 heterocycles. The van der Waals surface area contributed by atoms with Crippen molar-refractivity contribution < 1.29 is 14.7 Å². The number of rotatable bonds is 5. The Morgan fingerprint density at radius 1 is 1.47 bits per heavy atom. The molecule has 0 saturated heterocycles. The first-order chi connectivity index (χ1) is 8.94. The van der Waals surface area contributed by atoms with Crippen molar-refractivity contribution in [3.63, 3.8) is 0 Å². The molecule has 0 spiro atoms. The Hall–Kier alpha value is -1.55. The molecule has 0 aliphatic heterocycles. The number of carbonyl (C=O) groups excluding carboxylic acids is 1. The summed E-state index contributed by atoms with van der Waals surface area (Å²) in [6.07, 6.45) is 1.48. The highest BCUT2D eigenvalue weighted by Crippen LogP contribution is 2.48. The Balaban J connectivity index is 2.08. The molecular formula is C14H16ClNO3. The molecular weight excluding hydrogens is 266 g/mol. The van der Waals surface area contributed by atoms with Crippen molar-refractivity contribution in [2.24, 2.45) is 0 Å². The third-order valence-corrected chi connectivity index (χ3v) is 3.66. The van der Waals surface area contributed by atoms with Crippen LogP contribution in [0, 0.1) is 0 Å². The van der Waals surface area contributed by atoms with E-state index in [1.54, 1.807) is 19.1 Å². The lowest BCUT2D eigenvalue weighted by atomic mass is 9.94. The highest BCUT2D eigenvalue weighted by molar-refractivity contribution is 6.30. The summed E-state index contributed by atoms with van der Waals surface area (Å²) in [6, 6.07) is 6.91. The molecule has 1 unspecified atom stereocenters. The molecule has 2 rings (SSSR count). The number of amides is 1. The second-order valence-electron chi connectivity index (χ2n) is 5.06. The van der Waals surface area contributed by atoms with E-state index >= 15 is 0 Å². The summed E-state index contributed by atoms with van der Waals surface area (Å²) >= 11 is 5.95. The standard InChI is InChI=1S/C14H16ClNO3/c1-9(7-12(17)18)16-13(19)14(5-6-14)10-3-2-4-11(15)8-10/h2-4,8-9H,5-7H2,1H3,(H,16,19)(H,17,18). The van der Waals surface area contributed by atoms with Crippen molar-refractivity contribution in [2.75, 3.05) is 0 Å². The van der Waals surface area contributed by atoms with E-state index in [-0.39, 0.29) is 18.4 Å². The molecule has 1 aromatic carbocycles. The van der Waals surface area contributed by atoms with Crippen LogP contribution in [-0.4, -0.2) is 23.0 Å². The Kier molecular flexibility index (Phi) is 3.80. The van der Waals surface area contributed by atoms with Crippen molar-refractivity contribution >= 4 is 23.5 Å². The van der Waals surface area contributed by atoms with Crippen LogP contribution in [0.3, 0.4) is 0 Å². The molecule has 102 valence electrons. The van der Waals surface area contributed by atoms with Gasteiger partial charge in [0.1, 0.15) is 0 Å². The van der Waals surface area contributed by atoms with E-state index in [1.807, 2.05) is 12.1 Å². The summed E-state index contributed by atoms with van der Waals surface area (Å²) in [4.78, 5) is 22.9. The lowest BCUT2D eigenvalue weighted by Gasteiger charge is -2.19. The molecule has 1 aliphatic carbocycles. The molecule has 5 heteroatoms. The molecule has 1 atom stereocenters. The molecule has 1 saturated carbocycles. The van der Waals surface area contributed by atoms with E-state index in [1.165, 1.54) is 0 Å². The SMILES string of the molecule is CC(CC(=O)O)NC(=O)C1(c2cccc(Cl)c2)CC1. The zero-order valence-electron chi connectivity index (χ0n) is 10.6. The van der Waals surface area contributed by atoms with Gasteiger partial charge in [0.05, 0.1) is 11.8 Å². The van der Waals surface area contributed by atoms with Crippen molar-refractivity contribution in [3.05, 3.63) is 34.9 Å². The van der Waals surface area contributed by atoms with Gasteiger partial charge in [-0.05, 0) is 37.5 Å². The average Bonchev–Trinajstić information content (AvgIpc) is 3.08. The fourth-order valence-electron chi connectivity index (χ4n) is 2.23. The van der Waals surface area contributed by atoms with E-state index in [2.05, 4.69) is 5.32 Å². The highest BCUT2D eigenvalue weighted by atomic mass is 35.5. The molecule has 2 N–H and O–H groups in total. The Bertz CT molecular complexity index is 511. The Labute approximate surface area is 116 Å². The van der Waals surface area contributed by atoms with Gasteiger partial charge in [0.15, 0.2) is 0 Å². The van der Waals surface area contributed by atoms with Crippen LogP contribution in [-0.2, 0) is 15.0 Å². The fourth-order valence-corrected chi connectivity index (χ4v) is 2.42. The summed E-state index contributed by atoms with van der Waals surface area (Å²) in [5, 5.41) is 12.1. The summed E-state index contributed by atoms with van der Waals surface area (Å²) in [5.74, 6) is -1.02. The van der Waals surface area contributed by atoms with Gasteiger partial charge in [-0.2, -0.15) is 0 Å². The van der Waals surface area contributed by atoms with Gasteiger partial charge in [0.25, 0.3) is 0 Å². The van der Waals surface area contributed by atoms with Crippen LogP contribution < -0.4 is 5.32 Å². The first kappa shape index (κ1) is 13.9. The molecule has 1 fully saturated rings. The fraction of sp³-hybridized carbons (Fsp3) is 0.429. The van der Waals surface area contributed by atoms with Gasteiger partial charge in [-0.25, -0.2) is 0 Å². The van der Waals surface area contributed by atoms with Crippen LogP contribution in [0.15, 0.2) is 24.3 Å². The second kappa shape index (κ2) is 5.21. The Morgan fingerprint density at radius 3 is 2.68 bits per heavy atom. The number of carboxylic acid groups (broad SMARTS) is 1. The first-order valence-electron chi connectivity index (χ1n) is 6.23. The van der Waals surface area contributed by atoms with Crippen LogP contribution in [0.5, 0.6) is 0 Å². The monoisotopic (exact) mass is 281 g/mol. The molecule has 0 bridgehead atoms. The average molecular weight is 282 g/mol. The van der Waals surface area contributed by atoms with Crippen molar-refractivity contribution in [2.45, 2.75) is 37.6 Å². The molecule has 19 heavy (non-hydrogen) atoms. The predicted octanol–water partition coefficient (Wildman–Crippen LogP) is 2.35. The maximum Gasteiger partial charge on any atom is 0.305 e. The van der Waals surface area contributed by atoms with E-state index in [4.69, 9.17) is 16.7 Å². The number of aliphatic carboxylic acids is 1. The topological polar surface area (TPSA) is 66.4 Å². The summed E-state index contributed by atoms with van der Waals surface area (Å²) in [5.41, 5.74) is 0.387. The first-order valence-corrected chi connectivity index (χ1v) is 6.61. The smallest absolute Gasteiger partial charge is 0.305 e. The minimum atomic E-state index is -0.916. The van der Waals surface area contributed by atoms with E-state index < -0.39 is 11.4 Å². The van der Waals surface area contributed by atoms with Gasteiger partial charge in [-0.1, -0.05) is 23.7 Å². The number of carboxylic acids is 1. The van der Waals surface area contributed by atoms with Crippen LogP contribution in [0.2, 0.25) is 5.02 Å². The van der Waals surface area contributed by atoms with E-state index in [0.717, 1.165) is 18.4 Å². The number of carbonyl (C=O) groups is 2. The molecule has 1 amide bonds. The van der Waals surface area contributed by atoms with Crippen LogP contribution in [0.4, 0.5) is 0 Å². The zero-order valence-corrected chi connectivity index (χ0v) is 11.4. The molecule has 1 aromatic rings. The van der Waals surface area contributed by atoms with E-state index in [0.29, 0.717) is 5.02 Å². The van der Waals surface area contributed by atoms with Gasteiger partial charge in [0.2, 0.25) is 5.91 Å². The normalized spacial score (nSPS) is 17.6. The van der Waals surface area contributed by atoms with Crippen LogP contribution >= 0.6 is 11.6 Å². The number of nitrogens with one attached hydrogen (secondary N) is 1. The number of benzene rings is 1. The number of hydrogen-bond acceptors (Lipinski definition) is 2. The molecule has 0 radical (unpaired) electrons. The molecule has 1 aliphatic rings. The van der Waals surface area contributed by atoms with Crippen molar-refractivity contribution in [1.29, 1.82) is 0 Å². The summed E-state index contributed by atoms with van der Waals surface area (Å²) in [7, 11) is 0. The number of hydrogen-bond donors (Lipinski definition) is 2. The van der Waals surface area contributed by atoms with E-state index in [9.17, 15) is 9.59 Å². The maximum atomic E-state index is 12.3. The number of halogens is 1.